The molecule has 0 unspecified atom stereocenters. The van der Waals surface area contributed by atoms with Crippen LogP contribution >= 0.6 is 0 Å². The van der Waals surface area contributed by atoms with E-state index < -0.39 is 0 Å². The van der Waals surface area contributed by atoms with E-state index in [-0.39, 0.29) is 0 Å². The van der Waals surface area contributed by atoms with Crippen molar-refractivity contribution in [2.45, 2.75) is 19.4 Å². The number of para-hydroxylation sites is 1. The molecule has 8 heteroatoms. The number of ether oxygens (including phenoxy) is 1. The summed E-state index contributed by atoms with van der Waals surface area (Å²) in [6, 6.07) is 10.1. The standard InChI is InChI=1S/C23H33N7O/c1-24-22(28-17-20-5-2-3-6-21(20)31-18-19-7-8-19)25-11-12-29-13-15-30(16-14-29)23-26-9-4-10-27-23/h2-6,9-10,19H,7-8,11-18H2,1H3,(H2,24,25,28). The Labute approximate surface area is 184 Å². The largest absolute Gasteiger partial charge is 0.493 e. The molecule has 0 bridgehead atoms. The number of hydrogen-bond acceptors (Lipinski definition) is 6. The molecule has 2 aliphatic rings. The molecule has 1 aromatic carbocycles. The summed E-state index contributed by atoms with van der Waals surface area (Å²) in [7, 11) is 1.81. The summed E-state index contributed by atoms with van der Waals surface area (Å²) in [6.45, 7) is 7.27. The van der Waals surface area contributed by atoms with Crippen molar-refractivity contribution in [2.24, 2.45) is 10.9 Å². The number of guanidine groups is 1. The van der Waals surface area contributed by atoms with Gasteiger partial charge in [0.2, 0.25) is 5.95 Å². The van der Waals surface area contributed by atoms with Crippen LogP contribution in [-0.4, -0.2) is 73.8 Å². The molecule has 0 radical (unpaired) electrons. The zero-order valence-corrected chi connectivity index (χ0v) is 18.3. The van der Waals surface area contributed by atoms with E-state index in [0.717, 1.165) is 75.0 Å². The summed E-state index contributed by atoms with van der Waals surface area (Å²) in [5, 5.41) is 6.84. The monoisotopic (exact) mass is 423 g/mol. The molecule has 1 saturated heterocycles. The van der Waals surface area contributed by atoms with Crippen LogP contribution in [0.5, 0.6) is 5.75 Å². The number of hydrogen-bond donors (Lipinski definition) is 2. The SMILES string of the molecule is CN=C(NCCN1CCN(c2ncccn2)CC1)NCc1ccccc1OCC1CC1. The molecule has 2 heterocycles. The fourth-order valence-corrected chi connectivity index (χ4v) is 3.64. The van der Waals surface area contributed by atoms with Crippen molar-refractivity contribution in [3.8, 4) is 5.75 Å². The first-order valence-electron chi connectivity index (χ1n) is 11.2. The second kappa shape index (κ2) is 10.9. The molecule has 4 rings (SSSR count). The van der Waals surface area contributed by atoms with E-state index in [4.69, 9.17) is 4.74 Å². The quantitative estimate of drug-likeness (QED) is 0.470. The molecular weight excluding hydrogens is 390 g/mol. The Balaban J connectivity index is 1.16. The lowest BCUT2D eigenvalue weighted by Crippen LogP contribution is -2.49. The van der Waals surface area contributed by atoms with Gasteiger partial charge in [0, 0.05) is 70.8 Å². The van der Waals surface area contributed by atoms with Crippen molar-refractivity contribution in [1.29, 1.82) is 0 Å². The summed E-state index contributed by atoms with van der Waals surface area (Å²) in [5.74, 6) is 3.36. The molecule has 0 amide bonds. The summed E-state index contributed by atoms with van der Waals surface area (Å²) in [5.41, 5.74) is 1.16. The van der Waals surface area contributed by atoms with Crippen molar-refractivity contribution >= 4 is 11.9 Å². The molecule has 2 fully saturated rings. The zero-order chi connectivity index (χ0) is 21.3. The van der Waals surface area contributed by atoms with E-state index in [9.17, 15) is 0 Å². The summed E-state index contributed by atoms with van der Waals surface area (Å²) in [6.07, 6.45) is 6.20. The second-order valence-corrected chi connectivity index (χ2v) is 8.09. The van der Waals surface area contributed by atoms with Gasteiger partial charge in [0.1, 0.15) is 5.75 Å². The van der Waals surface area contributed by atoms with Crippen molar-refractivity contribution in [3.05, 3.63) is 48.3 Å². The van der Waals surface area contributed by atoms with Crippen LogP contribution in [0, 0.1) is 5.92 Å². The van der Waals surface area contributed by atoms with E-state index >= 15 is 0 Å². The Morgan fingerprint density at radius 1 is 1.06 bits per heavy atom. The van der Waals surface area contributed by atoms with E-state index in [0.29, 0.717) is 6.54 Å². The first kappa shape index (κ1) is 21.4. The van der Waals surface area contributed by atoms with Crippen molar-refractivity contribution < 1.29 is 4.74 Å². The van der Waals surface area contributed by atoms with Crippen LogP contribution < -0.4 is 20.3 Å². The lowest BCUT2D eigenvalue weighted by Gasteiger charge is -2.34. The Bertz CT molecular complexity index is 833. The molecule has 1 aliphatic carbocycles. The number of benzene rings is 1. The minimum absolute atomic E-state index is 0.691. The van der Waals surface area contributed by atoms with Crippen LogP contribution in [0.1, 0.15) is 18.4 Å². The van der Waals surface area contributed by atoms with Crippen molar-refractivity contribution in [3.63, 3.8) is 0 Å². The lowest BCUT2D eigenvalue weighted by molar-refractivity contribution is 0.260. The molecule has 0 spiro atoms. The van der Waals surface area contributed by atoms with Gasteiger partial charge < -0.3 is 20.3 Å². The highest BCUT2D eigenvalue weighted by Gasteiger charge is 2.22. The average Bonchev–Trinajstić information content (AvgIpc) is 3.66. The lowest BCUT2D eigenvalue weighted by atomic mass is 10.2. The highest BCUT2D eigenvalue weighted by Crippen LogP contribution is 2.30. The van der Waals surface area contributed by atoms with Crippen LogP contribution in [-0.2, 0) is 6.54 Å². The van der Waals surface area contributed by atoms with Crippen LogP contribution in [0.3, 0.4) is 0 Å². The molecular formula is C23H33N7O. The third kappa shape index (κ3) is 6.55. The van der Waals surface area contributed by atoms with E-state index in [1.807, 2.05) is 19.2 Å². The van der Waals surface area contributed by atoms with Crippen molar-refractivity contribution in [1.82, 2.24) is 25.5 Å². The minimum Gasteiger partial charge on any atom is -0.493 e. The van der Waals surface area contributed by atoms with Gasteiger partial charge >= 0.3 is 0 Å². The average molecular weight is 424 g/mol. The molecule has 2 N–H and O–H groups in total. The maximum absolute atomic E-state index is 6.01. The molecule has 8 nitrogen and oxygen atoms in total. The van der Waals surface area contributed by atoms with Gasteiger partial charge in [-0.05, 0) is 30.9 Å². The Hall–Kier alpha value is -2.87. The minimum atomic E-state index is 0.691. The maximum atomic E-state index is 6.01. The van der Waals surface area contributed by atoms with Crippen LogP contribution in [0.4, 0.5) is 5.95 Å². The summed E-state index contributed by atoms with van der Waals surface area (Å²) < 4.78 is 6.01. The highest BCUT2D eigenvalue weighted by molar-refractivity contribution is 5.79. The molecule has 166 valence electrons. The Morgan fingerprint density at radius 3 is 2.58 bits per heavy atom. The van der Waals surface area contributed by atoms with Gasteiger partial charge in [0.05, 0.1) is 6.61 Å². The number of anilines is 1. The Morgan fingerprint density at radius 2 is 1.84 bits per heavy atom. The van der Waals surface area contributed by atoms with Crippen molar-refractivity contribution in [2.75, 3.05) is 57.8 Å². The van der Waals surface area contributed by atoms with Crippen LogP contribution in [0.2, 0.25) is 0 Å². The van der Waals surface area contributed by atoms with Crippen LogP contribution in [0.25, 0.3) is 0 Å². The maximum Gasteiger partial charge on any atom is 0.225 e. The zero-order valence-electron chi connectivity index (χ0n) is 18.3. The van der Waals surface area contributed by atoms with Gasteiger partial charge in [0.25, 0.3) is 0 Å². The number of nitrogens with one attached hydrogen (secondary N) is 2. The smallest absolute Gasteiger partial charge is 0.225 e. The van der Waals surface area contributed by atoms with Gasteiger partial charge in [-0.25, -0.2) is 9.97 Å². The van der Waals surface area contributed by atoms with Gasteiger partial charge in [0.15, 0.2) is 5.96 Å². The van der Waals surface area contributed by atoms with Gasteiger partial charge in [-0.15, -0.1) is 0 Å². The number of nitrogens with zero attached hydrogens (tertiary/aromatic N) is 5. The highest BCUT2D eigenvalue weighted by atomic mass is 16.5. The number of piperazine rings is 1. The molecule has 1 aromatic heterocycles. The third-order valence-electron chi connectivity index (χ3n) is 5.74. The topological polar surface area (TPSA) is 77.9 Å². The van der Waals surface area contributed by atoms with Crippen LogP contribution in [0.15, 0.2) is 47.7 Å². The van der Waals surface area contributed by atoms with E-state index in [1.54, 1.807) is 12.4 Å². The van der Waals surface area contributed by atoms with Gasteiger partial charge in [-0.3, -0.25) is 9.89 Å². The summed E-state index contributed by atoms with van der Waals surface area (Å²) in [4.78, 5) is 17.8. The molecule has 31 heavy (non-hydrogen) atoms. The van der Waals surface area contributed by atoms with Gasteiger partial charge in [-0.1, -0.05) is 18.2 Å². The predicted octanol–water partition coefficient (Wildman–Crippen LogP) is 1.75. The summed E-state index contributed by atoms with van der Waals surface area (Å²) >= 11 is 0. The fourth-order valence-electron chi connectivity index (χ4n) is 3.64. The third-order valence-corrected chi connectivity index (χ3v) is 5.74. The number of aromatic nitrogens is 2. The van der Waals surface area contributed by atoms with E-state index in [1.165, 1.54) is 12.8 Å². The normalized spacial score (nSPS) is 17.5. The predicted molar refractivity (Wildman–Crippen MR) is 124 cm³/mol. The van der Waals surface area contributed by atoms with Gasteiger partial charge in [-0.2, -0.15) is 0 Å². The molecule has 1 aliphatic heterocycles. The molecule has 2 aromatic rings. The first-order valence-corrected chi connectivity index (χ1v) is 11.2. The van der Waals surface area contributed by atoms with E-state index in [2.05, 4.69) is 53.6 Å². The number of rotatable bonds is 9. The molecule has 0 atom stereocenters. The fraction of sp³-hybridized carbons (Fsp3) is 0.522. The second-order valence-electron chi connectivity index (χ2n) is 8.09. The Kier molecular flexibility index (Phi) is 7.55. The number of aliphatic imine (C=N–C) groups is 1. The first-order chi connectivity index (χ1) is 15.3. The molecule has 1 saturated carbocycles.